The monoisotopic (exact) mass is 326 g/mol. The van der Waals surface area contributed by atoms with Gasteiger partial charge in [0.2, 0.25) is 0 Å². The molecule has 2 aromatic rings. The van der Waals surface area contributed by atoms with Crippen LogP contribution in [-0.4, -0.2) is 36.9 Å². The smallest absolute Gasteiger partial charge is 0.265 e. The largest absolute Gasteiger partial charge is 0.481 e. The maximum Gasteiger partial charge on any atom is 0.265 e. The number of benzene rings is 2. The molecule has 126 valence electrons. The Balaban J connectivity index is 1.96. The highest BCUT2D eigenvalue weighted by atomic mass is 16.5. The molecule has 0 aliphatic rings. The average molecular weight is 326 g/mol. The first-order valence-corrected chi connectivity index (χ1v) is 7.72. The summed E-state index contributed by atoms with van der Waals surface area (Å²) in [6.45, 7) is 3.68. The van der Waals surface area contributed by atoms with E-state index in [0.717, 1.165) is 5.56 Å². The van der Waals surface area contributed by atoms with E-state index in [2.05, 4.69) is 5.32 Å². The normalized spacial score (nSPS) is 11.5. The van der Waals surface area contributed by atoms with Gasteiger partial charge in [0.05, 0.1) is 0 Å². The highest BCUT2D eigenvalue weighted by Gasteiger charge is 2.15. The molecule has 0 aliphatic carbocycles. The van der Waals surface area contributed by atoms with Crippen molar-refractivity contribution in [3.8, 4) is 5.75 Å². The van der Waals surface area contributed by atoms with Crippen molar-refractivity contribution in [1.82, 2.24) is 4.90 Å². The molecular weight excluding hydrogens is 304 g/mol. The summed E-state index contributed by atoms with van der Waals surface area (Å²) in [5, 5.41) is 2.78. The van der Waals surface area contributed by atoms with E-state index in [4.69, 9.17) is 4.74 Å². The van der Waals surface area contributed by atoms with Crippen LogP contribution in [0.4, 0.5) is 5.69 Å². The van der Waals surface area contributed by atoms with Crippen LogP contribution in [-0.2, 0) is 4.79 Å². The Kier molecular flexibility index (Phi) is 5.58. The van der Waals surface area contributed by atoms with Gasteiger partial charge in [-0.15, -0.1) is 0 Å². The lowest BCUT2D eigenvalue weighted by Gasteiger charge is -2.15. The van der Waals surface area contributed by atoms with Crippen molar-refractivity contribution >= 4 is 17.5 Å². The molecule has 1 N–H and O–H groups in total. The van der Waals surface area contributed by atoms with Gasteiger partial charge in [0.1, 0.15) is 5.75 Å². The van der Waals surface area contributed by atoms with E-state index >= 15 is 0 Å². The molecule has 0 saturated carbocycles. The van der Waals surface area contributed by atoms with Crippen molar-refractivity contribution in [1.29, 1.82) is 0 Å². The summed E-state index contributed by atoms with van der Waals surface area (Å²) in [4.78, 5) is 25.5. The molecule has 0 spiro atoms. The lowest BCUT2D eigenvalue weighted by molar-refractivity contribution is -0.122. The van der Waals surface area contributed by atoms with Gasteiger partial charge in [-0.3, -0.25) is 9.59 Å². The number of amides is 2. The predicted octanol–water partition coefficient (Wildman–Crippen LogP) is 3.10. The van der Waals surface area contributed by atoms with Crippen molar-refractivity contribution in [2.75, 3.05) is 19.4 Å². The Bertz CT molecular complexity index is 706. The van der Waals surface area contributed by atoms with E-state index in [1.54, 1.807) is 45.3 Å². The van der Waals surface area contributed by atoms with E-state index in [1.165, 1.54) is 4.90 Å². The van der Waals surface area contributed by atoms with Crippen LogP contribution in [0.15, 0.2) is 48.5 Å². The molecular formula is C19H22N2O3. The molecule has 2 aromatic carbocycles. The molecule has 2 rings (SSSR count). The molecule has 0 aromatic heterocycles. The molecule has 2 amide bonds. The number of rotatable bonds is 5. The van der Waals surface area contributed by atoms with Crippen LogP contribution < -0.4 is 10.1 Å². The predicted molar refractivity (Wildman–Crippen MR) is 94.4 cm³/mol. The minimum absolute atomic E-state index is 0.0797. The number of nitrogens with zero attached hydrogens (tertiary/aromatic N) is 1. The summed E-state index contributed by atoms with van der Waals surface area (Å²) in [7, 11) is 3.39. The second-order valence-electron chi connectivity index (χ2n) is 5.84. The second-order valence-corrected chi connectivity index (χ2v) is 5.84. The van der Waals surface area contributed by atoms with E-state index in [1.807, 2.05) is 31.2 Å². The van der Waals surface area contributed by atoms with Crippen molar-refractivity contribution in [3.63, 3.8) is 0 Å². The van der Waals surface area contributed by atoms with Crippen molar-refractivity contribution in [2.24, 2.45) is 0 Å². The van der Waals surface area contributed by atoms with Crippen LogP contribution in [0.25, 0.3) is 0 Å². The van der Waals surface area contributed by atoms with Crippen LogP contribution in [0, 0.1) is 6.92 Å². The SMILES string of the molecule is Cc1ccc(OC(C)C(=O)Nc2ccc(C(=O)N(C)C)cc2)cc1. The third-order valence-electron chi connectivity index (χ3n) is 3.51. The average Bonchev–Trinajstić information content (AvgIpc) is 2.56. The number of hydrogen-bond acceptors (Lipinski definition) is 3. The van der Waals surface area contributed by atoms with Crippen LogP contribution in [0.1, 0.15) is 22.8 Å². The number of carbonyl (C=O) groups is 2. The quantitative estimate of drug-likeness (QED) is 0.918. The summed E-state index contributed by atoms with van der Waals surface area (Å²) >= 11 is 0. The molecule has 0 heterocycles. The molecule has 5 heteroatoms. The zero-order valence-corrected chi connectivity index (χ0v) is 14.4. The number of anilines is 1. The third kappa shape index (κ3) is 4.59. The Hall–Kier alpha value is -2.82. The minimum atomic E-state index is -0.629. The molecule has 24 heavy (non-hydrogen) atoms. The number of aryl methyl sites for hydroxylation is 1. The third-order valence-corrected chi connectivity index (χ3v) is 3.51. The van der Waals surface area contributed by atoms with Gasteiger partial charge in [-0.05, 0) is 50.2 Å². The number of ether oxygens (including phenoxy) is 1. The van der Waals surface area contributed by atoms with Gasteiger partial charge >= 0.3 is 0 Å². The molecule has 5 nitrogen and oxygen atoms in total. The van der Waals surface area contributed by atoms with Gasteiger partial charge < -0.3 is 15.0 Å². The first kappa shape index (κ1) is 17.5. The van der Waals surface area contributed by atoms with Crippen molar-refractivity contribution < 1.29 is 14.3 Å². The summed E-state index contributed by atoms with van der Waals surface area (Å²) in [6.07, 6.45) is -0.629. The van der Waals surface area contributed by atoms with E-state index in [0.29, 0.717) is 17.0 Å². The standard InChI is InChI=1S/C19H22N2O3/c1-13-5-11-17(12-6-13)24-14(2)18(22)20-16-9-7-15(8-10-16)19(23)21(3)4/h5-12,14H,1-4H3,(H,20,22). The van der Waals surface area contributed by atoms with E-state index in [9.17, 15) is 9.59 Å². The van der Waals surface area contributed by atoms with Gasteiger partial charge in [-0.1, -0.05) is 17.7 Å². The Morgan fingerprint density at radius 1 is 1.00 bits per heavy atom. The number of hydrogen-bond donors (Lipinski definition) is 1. The molecule has 0 radical (unpaired) electrons. The zero-order valence-electron chi connectivity index (χ0n) is 14.4. The van der Waals surface area contributed by atoms with Gasteiger partial charge in [0.15, 0.2) is 6.10 Å². The fourth-order valence-electron chi connectivity index (χ4n) is 2.07. The zero-order chi connectivity index (χ0) is 17.7. The second kappa shape index (κ2) is 7.64. The van der Waals surface area contributed by atoms with Gasteiger partial charge in [-0.2, -0.15) is 0 Å². The number of nitrogens with one attached hydrogen (secondary N) is 1. The summed E-state index contributed by atoms with van der Waals surface area (Å²) in [5.74, 6) is 0.321. The summed E-state index contributed by atoms with van der Waals surface area (Å²) in [6, 6.07) is 14.3. The fourth-order valence-corrected chi connectivity index (χ4v) is 2.07. The highest BCUT2D eigenvalue weighted by Crippen LogP contribution is 2.15. The Labute approximate surface area is 142 Å². The lowest BCUT2D eigenvalue weighted by Crippen LogP contribution is -2.30. The summed E-state index contributed by atoms with van der Waals surface area (Å²) < 4.78 is 5.62. The Morgan fingerprint density at radius 3 is 2.12 bits per heavy atom. The number of carbonyl (C=O) groups excluding carboxylic acids is 2. The van der Waals surface area contributed by atoms with E-state index in [-0.39, 0.29) is 11.8 Å². The van der Waals surface area contributed by atoms with Crippen LogP contribution in [0.2, 0.25) is 0 Å². The maximum atomic E-state index is 12.2. The van der Waals surface area contributed by atoms with E-state index < -0.39 is 6.10 Å². The molecule has 0 fully saturated rings. The summed E-state index contributed by atoms with van der Waals surface area (Å²) in [5.41, 5.74) is 2.32. The first-order valence-electron chi connectivity index (χ1n) is 7.72. The minimum Gasteiger partial charge on any atom is -0.481 e. The molecule has 0 bridgehead atoms. The maximum absolute atomic E-state index is 12.2. The highest BCUT2D eigenvalue weighted by molar-refractivity contribution is 5.96. The molecule has 0 aliphatic heterocycles. The molecule has 1 unspecified atom stereocenters. The molecule has 1 atom stereocenters. The van der Waals surface area contributed by atoms with Crippen LogP contribution in [0.5, 0.6) is 5.75 Å². The Morgan fingerprint density at radius 2 is 1.58 bits per heavy atom. The lowest BCUT2D eigenvalue weighted by atomic mass is 10.2. The van der Waals surface area contributed by atoms with Crippen molar-refractivity contribution in [3.05, 3.63) is 59.7 Å². The topological polar surface area (TPSA) is 58.6 Å². The van der Waals surface area contributed by atoms with Crippen LogP contribution in [0.3, 0.4) is 0 Å². The van der Waals surface area contributed by atoms with Gasteiger partial charge in [0, 0.05) is 25.3 Å². The fraction of sp³-hybridized carbons (Fsp3) is 0.263. The van der Waals surface area contributed by atoms with Gasteiger partial charge in [0.25, 0.3) is 11.8 Å². The molecule has 0 saturated heterocycles. The first-order chi connectivity index (χ1) is 11.4. The van der Waals surface area contributed by atoms with Gasteiger partial charge in [-0.25, -0.2) is 0 Å². The van der Waals surface area contributed by atoms with Crippen LogP contribution >= 0.6 is 0 Å². The van der Waals surface area contributed by atoms with Crippen molar-refractivity contribution in [2.45, 2.75) is 20.0 Å².